The monoisotopic (exact) mass is 412 g/mol. The van der Waals surface area contributed by atoms with Crippen molar-refractivity contribution in [3.63, 3.8) is 0 Å². The van der Waals surface area contributed by atoms with E-state index in [9.17, 15) is 14.8 Å². The van der Waals surface area contributed by atoms with Crippen molar-refractivity contribution in [3.05, 3.63) is 51.4 Å². The first-order chi connectivity index (χ1) is 14.1. The zero-order chi connectivity index (χ0) is 20.0. The number of likely N-dealkylation sites (tertiary alicyclic amines) is 1. The van der Waals surface area contributed by atoms with Gasteiger partial charge >= 0.3 is 0 Å². The molecule has 8 nitrogen and oxygen atoms in total. The summed E-state index contributed by atoms with van der Waals surface area (Å²) in [5.41, 5.74) is 1.20. The third kappa shape index (κ3) is 3.25. The summed E-state index contributed by atoms with van der Waals surface area (Å²) < 4.78 is 4.56. The molecular formula is C20H20N4O4S. The molecule has 29 heavy (non-hydrogen) atoms. The molecule has 3 heterocycles. The second-order valence-electron chi connectivity index (χ2n) is 7.84. The number of amides is 2. The van der Waals surface area contributed by atoms with Crippen LogP contribution in [0.25, 0.3) is 11.0 Å². The summed E-state index contributed by atoms with van der Waals surface area (Å²) in [4.78, 5) is 28.6. The predicted molar refractivity (Wildman–Crippen MR) is 105 cm³/mol. The van der Waals surface area contributed by atoms with Crippen LogP contribution < -0.4 is 10.2 Å². The first-order valence-electron chi connectivity index (χ1n) is 9.65. The summed E-state index contributed by atoms with van der Waals surface area (Å²) in [6.07, 6.45) is 2.57. The van der Waals surface area contributed by atoms with Gasteiger partial charge in [0, 0.05) is 40.7 Å². The Morgan fingerprint density at radius 3 is 2.93 bits per heavy atom. The smallest absolute Gasteiger partial charge is 0.254 e. The van der Waals surface area contributed by atoms with Crippen LogP contribution >= 0.6 is 11.3 Å². The molecule has 5 rings (SSSR count). The number of thiophene rings is 1. The number of hydrogen-bond donors (Lipinski definition) is 1. The summed E-state index contributed by atoms with van der Waals surface area (Å²) in [5, 5.41) is 20.1. The summed E-state index contributed by atoms with van der Waals surface area (Å²) >= 11 is 1.64. The number of carbonyl (C=O) groups is 2. The Kier molecular flexibility index (Phi) is 4.27. The lowest BCUT2D eigenvalue weighted by atomic mass is 9.90. The van der Waals surface area contributed by atoms with Crippen molar-refractivity contribution in [3.8, 4) is 0 Å². The number of benzene rings is 1. The van der Waals surface area contributed by atoms with Crippen LogP contribution in [0.5, 0.6) is 0 Å². The minimum Gasteiger partial charge on any atom is -0.359 e. The molecule has 2 aromatic heterocycles. The van der Waals surface area contributed by atoms with Crippen molar-refractivity contribution in [1.82, 2.24) is 15.4 Å². The number of carbonyl (C=O) groups excluding carboxylic acids is 2. The molecule has 2 aliphatic rings. The van der Waals surface area contributed by atoms with Gasteiger partial charge in [0.05, 0.1) is 6.54 Å². The highest BCUT2D eigenvalue weighted by Gasteiger charge is 2.58. The van der Waals surface area contributed by atoms with Crippen molar-refractivity contribution < 1.29 is 19.1 Å². The maximum atomic E-state index is 12.8. The highest BCUT2D eigenvalue weighted by atomic mass is 32.1. The van der Waals surface area contributed by atoms with Gasteiger partial charge in [-0.1, -0.05) is 6.07 Å². The second kappa shape index (κ2) is 6.84. The lowest BCUT2D eigenvalue weighted by Crippen LogP contribution is -2.40. The normalized spacial score (nSPS) is 20.1. The first kappa shape index (κ1) is 18.1. The summed E-state index contributed by atoms with van der Waals surface area (Å²) in [5.74, 6) is 0.0980. The lowest BCUT2D eigenvalue weighted by molar-refractivity contribution is -0.782. The zero-order valence-electron chi connectivity index (χ0n) is 15.7. The van der Waals surface area contributed by atoms with E-state index >= 15 is 0 Å². The zero-order valence-corrected chi connectivity index (χ0v) is 16.5. The summed E-state index contributed by atoms with van der Waals surface area (Å²) in [6.45, 7) is 1.85. The Morgan fingerprint density at radius 1 is 1.34 bits per heavy atom. The lowest BCUT2D eigenvalue weighted by Gasteiger charge is -2.32. The maximum absolute atomic E-state index is 12.8. The molecule has 1 N–H and O–H groups in total. The largest absolute Gasteiger partial charge is 0.359 e. The van der Waals surface area contributed by atoms with Crippen molar-refractivity contribution >= 4 is 34.2 Å². The molecule has 0 bridgehead atoms. The molecule has 9 heteroatoms. The van der Waals surface area contributed by atoms with E-state index in [1.165, 1.54) is 0 Å². The topological polar surface area (TPSA) is 102 Å². The predicted octanol–water partition coefficient (Wildman–Crippen LogP) is 2.08. The molecule has 2 amide bonds. The number of hydrogen-bond acceptors (Lipinski definition) is 6. The number of nitrogens with one attached hydrogen (secondary N) is 1. The minimum atomic E-state index is -0.0819. The molecular weight excluding hydrogens is 392 g/mol. The second-order valence-corrected chi connectivity index (χ2v) is 8.87. The average Bonchev–Trinajstić information content (AvgIpc) is 3.08. The Morgan fingerprint density at radius 2 is 2.17 bits per heavy atom. The van der Waals surface area contributed by atoms with E-state index in [0.717, 1.165) is 24.1 Å². The van der Waals surface area contributed by atoms with Gasteiger partial charge in [0.2, 0.25) is 16.9 Å². The van der Waals surface area contributed by atoms with E-state index in [1.807, 2.05) is 22.4 Å². The van der Waals surface area contributed by atoms with Gasteiger partial charge in [0.1, 0.15) is 0 Å². The molecule has 1 atom stereocenters. The molecule has 1 aliphatic heterocycles. The van der Waals surface area contributed by atoms with E-state index in [-0.39, 0.29) is 23.1 Å². The van der Waals surface area contributed by atoms with Gasteiger partial charge in [-0.25, -0.2) is 0 Å². The van der Waals surface area contributed by atoms with Gasteiger partial charge in [-0.2, -0.15) is 0 Å². The maximum Gasteiger partial charge on any atom is 0.254 e. The standard InChI is InChI=1S/C20H20N4O4S/c25-18(21-12-14-2-1-9-29-14)15-11-20(15)5-7-23(8-6-20)19(26)13-3-4-17-16(10-13)22-28-24(17)27/h1-4,9-10,15H,5-8,11-12H2,(H,21,25). The minimum absolute atomic E-state index is 0.0421. The molecule has 1 saturated heterocycles. The van der Waals surface area contributed by atoms with Crippen LogP contribution in [0.4, 0.5) is 0 Å². The Labute approximate surface area is 170 Å². The highest BCUT2D eigenvalue weighted by molar-refractivity contribution is 7.09. The fraction of sp³-hybridized carbons (Fsp3) is 0.400. The Balaban J connectivity index is 1.18. The van der Waals surface area contributed by atoms with Gasteiger partial charge in [-0.15, -0.1) is 11.3 Å². The van der Waals surface area contributed by atoms with E-state index in [4.69, 9.17) is 0 Å². The highest BCUT2D eigenvalue weighted by Crippen LogP contribution is 2.59. The van der Waals surface area contributed by atoms with E-state index < -0.39 is 0 Å². The summed E-state index contributed by atoms with van der Waals surface area (Å²) in [7, 11) is 0. The summed E-state index contributed by atoms with van der Waals surface area (Å²) in [6, 6.07) is 8.75. The number of rotatable bonds is 4. The SMILES string of the molecule is O=C(NCc1cccs1)C1CC12CCN(C(=O)c1ccc3c(c1)no[n+]3[O-])CC2. The first-order valence-corrected chi connectivity index (χ1v) is 10.5. The van der Waals surface area contributed by atoms with E-state index in [2.05, 4.69) is 15.1 Å². The van der Waals surface area contributed by atoms with Gasteiger partial charge < -0.3 is 15.4 Å². The number of nitrogens with zero attached hydrogens (tertiary/aromatic N) is 3. The fourth-order valence-corrected chi connectivity index (χ4v) is 4.97. The molecule has 150 valence electrons. The van der Waals surface area contributed by atoms with Gasteiger partial charge in [-0.05, 0) is 53.2 Å². The van der Waals surface area contributed by atoms with Crippen LogP contribution in [0.1, 0.15) is 34.5 Å². The molecule has 1 saturated carbocycles. The molecule has 1 unspecified atom stereocenters. The van der Waals surface area contributed by atoms with Gasteiger partial charge in [-0.3, -0.25) is 14.2 Å². The number of piperidine rings is 1. The molecule has 1 aliphatic carbocycles. The average molecular weight is 412 g/mol. The molecule has 1 aromatic carbocycles. The van der Waals surface area contributed by atoms with Crippen LogP contribution in [0.15, 0.2) is 40.3 Å². The van der Waals surface area contributed by atoms with Gasteiger partial charge in [0.25, 0.3) is 5.91 Å². The fourth-order valence-electron chi connectivity index (χ4n) is 4.33. The Hall–Kier alpha value is -2.94. The van der Waals surface area contributed by atoms with Crippen LogP contribution in [0.2, 0.25) is 0 Å². The molecule has 2 fully saturated rings. The molecule has 3 aromatic rings. The van der Waals surface area contributed by atoms with Crippen LogP contribution in [0, 0.1) is 16.5 Å². The number of aromatic nitrogens is 2. The van der Waals surface area contributed by atoms with Crippen LogP contribution in [-0.4, -0.2) is 35.0 Å². The molecule has 1 spiro atoms. The molecule has 0 radical (unpaired) electrons. The third-order valence-corrected chi connectivity index (χ3v) is 7.08. The van der Waals surface area contributed by atoms with Crippen LogP contribution in [-0.2, 0) is 11.3 Å². The van der Waals surface area contributed by atoms with Crippen molar-refractivity contribution in [2.45, 2.75) is 25.8 Å². The Bertz CT molecular complexity index is 1070. The van der Waals surface area contributed by atoms with Crippen molar-refractivity contribution in [2.24, 2.45) is 11.3 Å². The van der Waals surface area contributed by atoms with Gasteiger partial charge in [0.15, 0.2) is 0 Å². The van der Waals surface area contributed by atoms with E-state index in [0.29, 0.717) is 41.1 Å². The van der Waals surface area contributed by atoms with Crippen molar-refractivity contribution in [2.75, 3.05) is 13.1 Å². The van der Waals surface area contributed by atoms with Crippen LogP contribution in [0.3, 0.4) is 0 Å². The van der Waals surface area contributed by atoms with E-state index in [1.54, 1.807) is 29.5 Å². The third-order valence-electron chi connectivity index (χ3n) is 6.20. The van der Waals surface area contributed by atoms with Crippen molar-refractivity contribution in [1.29, 1.82) is 0 Å². The quantitative estimate of drug-likeness (QED) is 0.661. The number of fused-ring (bicyclic) bond motifs is 1.